The molecule has 7 nitrogen and oxygen atoms in total. The first-order valence-corrected chi connectivity index (χ1v) is 11.0. The predicted octanol–water partition coefficient (Wildman–Crippen LogP) is 3.44. The van der Waals surface area contributed by atoms with Crippen molar-refractivity contribution in [2.45, 2.75) is 52.1 Å². The molecule has 0 unspecified atom stereocenters. The summed E-state index contributed by atoms with van der Waals surface area (Å²) < 4.78 is 5.88. The first-order valence-electron chi connectivity index (χ1n) is 10.1. The summed E-state index contributed by atoms with van der Waals surface area (Å²) in [7, 11) is 0. The zero-order valence-electron chi connectivity index (χ0n) is 16.7. The topological polar surface area (TPSA) is 94.1 Å². The minimum Gasteiger partial charge on any atom is -0.461 e. The van der Waals surface area contributed by atoms with Gasteiger partial charge in [-0.05, 0) is 24.7 Å². The quantitative estimate of drug-likeness (QED) is 0.760. The lowest BCUT2D eigenvalue weighted by molar-refractivity contribution is -0.149. The van der Waals surface area contributed by atoms with Crippen molar-refractivity contribution in [3.05, 3.63) is 34.9 Å². The van der Waals surface area contributed by atoms with Crippen LogP contribution in [0.3, 0.4) is 0 Å². The van der Waals surface area contributed by atoms with E-state index < -0.39 is 0 Å². The van der Waals surface area contributed by atoms with Crippen LogP contribution in [0.2, 0.25) is 0 Å². The highest BCUT2D eigenvalue weighted by molar-refractivity contribution is 7.15. The van der Waals surface area contributed by atoms with Crippen molar-refractivity contribution in [3.8, 4) is 0 Å². The predicted molar refractivity (Wildman–Crippen MR) is 108 cm³/mol. The van der Waals surface area contributed by atoms with Crippen LogP contribution < -0.4 is 5.32 Å². The van der Waals surface area contributed by atoms with Gasteiger partial charge in [0, 0.05) is 35.0 Å². The summed E-state index contributed by atoms with van der Waals surface area (Å²) in [6.07, 6.45) is 7.47. The van der Waals surface area contributed by atoms with Crippen molar-refractivity contribution >= 4 is 28.3 Å². The van der Waals surface area contributed by atoms with Crippen LogP contribution in [0.1, 0.15) is 60.6 Å². The molecule has 1 saturated heterocycles. The van der Waals surface area contributed by atoms with Crippen molar-refractivity contribution in [2.75, 3.05) is 5.32 Å². The summed E-state index contributed by atoms with van der Waals surface area (Å²) in [6.45, 7) is 6.51. The van der Waals surface area contributed by atoms with Gasteiger partial charge in [-0.15, -0.1) is 11.3 Å². The molecule has 1 aliphatic heterocycles. The molecule has 8 heteroatoms. The number of fused-ring (bicyclic) bond motifs is 4. The minimum absolute atomic E-state index is 0.0181. The summed E-state index contributed by atoms with van der Waals surface area (Å²) >= 11 is 1.54. The van der Waals surface area contributed by atoms with Gasteiger partial charge in [0.1, 0.15) is 11.8 Å². The van der Waals surface area contributed by atoms with Gasteiger partial charge in [-0.2, -0.15) is 0 Å². The van der Waals surface area contributed by atoms with Crippen LogP contribution in [-0.2, 0) is 16.0 Å². The molecule has 152 valence electrons. The van der Waals surface area contributed by atoms with Crippen LogP contribution in [0.25, 0.3) is 0 Å². The van der Waals surface area contributed by atoms with Crippen LogP contribution in [-0.4, -0.2) is 32.9 Å². The molecule has 3 heterocycles. The Balaban J connectivity index is 1.44. The van der Waals surface area contributed by atoms with Crippen LogP contribution in [0.15, 0.2) is 18.6 Å². The second-order valence-electron chi connectivity index (χ2n) is 8.91. The van der Waals surface area contributed by atoms with Gasteiger partial charge in [0.15, 0.2) is 5.13 Å². The third kappa shape index (κ3) is 2.87. The van der Waals surface area contributed by atoms with Gasteiger partial charge in [-0.25, -0.2) is 9.97 Å². The Labute approximate surface area is 173 Å². The molecule has 5 rings (SSSR count). The maximum Gasteiger partial charge on any atom is 0.309 e. The minimum atomic E-state index is -0.306. The molecule has 1 saturated carbocycles. The zero-order valence-corrected chi connectivity index (χ0v) is 17.5. The summed E-state index contributed by atoms with van der Waals surface area (Å²) in [5.74, 6) is 0.354. The van der Waals surface area contributed by atoms with Gasteiger partial charge in [-0.1, -0.05) is 20.8 Å². The lowest BCUT2D eigenvalue weighted by Crippen LogP contribution is -2.50. The van der Waals surface area contributed by atoms with Gasteiger partial charge in [-0.3, -0.25) is 19.9 Å². The highest BCUT2D eigenvalue weighted by atomic mass is 32.1. The van der Waals surface area contributed by atoms with E-state index in [2.05, 4.69) is 29.1 Å². The molecule has 0 aromatic carbocycles. The number of aromatic nitrogens is 3. The fraction of sp³-hybridized carbons (Fsp3) is 0.571. The SMILES string of the molecule is C[C@@H]1C(=O)O[C@@H]2[C@H]1CC[C@]1(C)Cc3sc(NC(=O)c4cnccn4)nc3[C@H](C)[C@H]21. The number of ether oxygens (including phenoxy) is 1. The van der Waals surface area contributed by atoms with E-state index in [1.165, 1.54) is 23.5 Å². The molecule has 2 aromatic heterocycles. The fourth-order valence-corrected chi connectivity index (χ4v) is 6.97. The van der Waals surface area contributed by atoms with E-state index in [0.29, 0.717) is 11.0 Å². The number of esters is 1. The Hall–Kier alpha value is -2.35. The highest BCUT2D eigenvalue weighted by Gasteiger charge is 2.58. The average molecular weight is 413 g/mol. The average Bonchev–Trinajstić information content (AvgIpc) is 3.22. The number of amides is 1. The molecule has 2 aromatic rings. The number of nitrogens with one attached hydrogen (secondary N) is 1. The van der Waals surface area contributed by atoms with E-state index in [9.17, 15) is 9.59 Å². The second kappa shape index (κ2) is 6.58. The van der Waals surface area contributed by atoms with E-state index >= 15 is 0 Å². The normalized spacial score (nSPS) is 35.3. The Morgan fingerprint density at radius 1 is 1.31 bits per heavy atom. The van der Waals surface area contributed by atoms with Gasteiger partial charge in [0.2, 0.25) is 0 Å². The molecule has 3 aliphatic rings. The highest BCUT2D eigenvalue weighted by Crippen LogP contribution is 2.59. The van der Waals surface area contributed by atoms with E-state index in [4.69, 9.17) is 9.72 Å². The van der Waals surface area contributed by atoms with E-state index in [0.717, 1.165) is 25.0 Å². The third-order valence-corrected chi connectivity index (χ3v) is 8.16. The Bertz CT molecular complexity index is 978. The fourth-order valence-electron chi connectivity index (χ4n) is 5.71. The summed E-state index contributed by atoms with van der Waals surface area (Å²) in [5.41, 5.74) is 1.38. The summed E-state index contributed by atoms with van der Waals surface area (Å²) in [6, 6.07) is 0. The van der Waals surface area contributed by atoms with E-state index in [1.807, 2.05) is 6.92 Å². The van der Waals surface area contributed by atoms with Crippen molar-refractivity contribution in [1.29, 1.82) is 0 Å². The molecule has 1 amide bonds. The standard InChI is InChI=1S/C21H24N4O3S/c1-10-12-4-5-21(3)8-14-16(11(2)15(21)17(12)28-19(10)27)24-20(29-14)25-18(26)13-9-22-6-7-23-13/h6-7,9-12,15,17H,4-5,8H2,1-3H3,(H,24,25,26)/t10-,11+,12-,15+,17+,21+/m0/s1. The van der Waals surface area contributed by atoms with E-state index in [-0.39, 0.29) is 46.8 Å². The van der Waals surface area contributed by atoms with Crippen LogP contribution >= 0.6 is 11.3 Å². The molecule has 0 spiro atoms. The summed E-state index contributed by atoms with van der Waals surface area (Å²) in [4.78, 5) is 38.7. The van der Waals surface area contributed by atoms with Crippen molar-refractivity contribution in [2.24, 2.45) is 23.2 Å². The molecular weight excluding hydrogens is 388 g/mol. The monoisotopic (exact) mass is 412 g/mol. The smallest absolute Gasteiger partial charge is 0.309 e. The number of hydrogen-bond acceptors (Lipinski definition) is 7. The number of carbonyl (C=O) groups is 2. The number of anilines is 1. The third-order valence-electron chi connectivity index (χ3n) is 7.17. The van der Waals surface area contributed by atoms with Crippen molar-refractivity contribution < 1.29 is 14.3 Å². The Morgan fingerprint density at radius 3 is 2.90 bits per heavy atom. The van der Waals surface area contributed by atoms with Gasteiger partial charge >= 0.3 is 5.97 Å². The molecular formula is C21H24N4O3S. The van der Waals surface area contributed by atoms with Crippen LogP contribution in [0.4, 0.5) is 5.13 Å². The van der Waals surface area contributed by atoms with Crippen LogP contribution in [0, 0.1) is 23.2 Å². The van der Waals surface area contributed by atoms with Gasteiger partial charge in [0.25, 0.3) is 5.91 Å². The van der Waals surface area contributed by atoms with Crippen molar-refractivity contribution in [3.63, 3.8) is 0 Å². The molecule has 29 heavy (non-hydrogen) atoms. The van der Waals surface area contributed by atoms with E-state index in [1.54, 1.807) is 11.3 Å². The zero-order chi connectivity index (χ0) is 20.3. The molecule has 0 bridgehead atoms. The molecule has 0 radical (unpaired) electrons. The number of hydrogen-bond donors (Lipinski definition) is 1. The first kappa shape index (κ1) is 18.7. The Kier molecular flexibility index (Phi) is 4.24. The number of nitrogens with zero attached hydrogens (tertiary/aromatic N) is 3. The largest absolute Gasteiger partial charge is 0.461 e. The summed E-state index contributed by atoms with van der Waals surface area (Å²) in [5, 5.41) is 3.46. The van der Waals surface area contributed by atoms with Crippen molar-refractivity contribution in [1.82, 2.24) is 15.0 Å². The maximum atomic E-state index is 12.4. The second-order valence-corrected chi connectivity index (χ2v) is 9.99. The van der Waals surface area contributed by atoms with Gasteiger partial charge in [0.05, 0.1) is 17.8 Å². The first-order chi connectivity index (χ1) is 13.9. The number of thiazole rings is 1. The lowest BCUT2D eigenvalue weighted by Gasteiger charge is -2.51. The molecule has 6 atom stereocenters. The van der Waals surface area contributed by atoms with Gasteiger partial charge < -0.3 is 4.74 Å². The Morgan fingerprint density at radius 2 is 2.14 bits per heavy atom. The molecule has 2 aliphatic carbocycles. The molecule has 1 N–H and O–H groups in total. The number of carbonyl (C=O) groups excluding carboxylic acids is 2. The maximum absolute atomic E-state index is 12.4. The number of rotatable bonds is 2. The van der Waals surface area contributed by atoms with Crippen LogP contribution in [0.5, 0.6) is 0 Å². The lowest BCUT2D eigenvalue weighted by atomic mass is 9.54. The molecule has 2 fully saturated rings.